The smallest absolute Gasteiger partial charge is 0.106 e. The molecular formula is C18H25IN2O. The molecule has 4 atom stereocenters. The highest BCUT2D eigenvalue weighted by molar-refractivity contribution is 14.1. The summed E-state index contributed by atoms with van der Waals surface area (Å²) < 4.78 is 1.30. The highest BCUT2D eigenvalue weighted by atomic mass is 127. The molecule has 0 aromatic heterocycles. The third kappa shape index (κ3) is 2.92. The second-order valence-corrected chi connectivity index (χ2v) is 7.75. The van der Waals surface area contributed by atoms with Crippen LogP contribution in [0.3, 0.4) is 0 Å². The summed E-state index contributed by atoms with van der Waals surface area (Å²) in [5, 5.41) is 4.40. The van der Waals surface area contributed by atoms with Gasteiger partial charge in [0.1, 0.15) is 7.11 Å². The van der Waals surface area contributed by atoms with E-state index in [1.54, 1.807) is 7.11 Å². The fourth-order valence-corrected chi connectivity index (χ4v) is 4.81. The van der Waals surface area contributed by atoms with Gasteiger partial charge in [-0.25, -0.2) is 0 Å². The first kappa shape index (κ1) is 16.2. The van der Waals surface area contributed by atoms with Crippen molar-refractivity contribution in [2.75, 3.05) is 14.2 Å². The Morgan fingerprint density at radius 2 is 2.05 bits per heavy atom. The van der Waals surface area contributed by atoms with Crippen LogP contribution in [-0.4, -0.2) is 36.9 Å². The molecule has 22 heavy (non-hydrogen) atoms. The molecule has 0 spiro atoms. The molecule has 120 valence electrons. The Morgan fingerprint density at radius 3 is 2.68 bits per heavy atom. The average Bonchev–Trinajstić information content (AvgIpc) is 2.76. The molecule has 2 fully saturated rings. The van der Waals surface area contributed by atoms with Crippen molar-refractivity contribution in [2.45, 2.75) is 50.6 Å². The van der Waals surface area contributed by atoms with Crippen molar-refractivity contribution in [3.05, 3.63) is 33.4 Å². The Hall–Kier alpha value is -0.620. The first-order valence-electron chi connectivity index (χ1n) is 8.23. The molecule has 0 amide bonds. The number of fused-ring (bicyclic) bond motifs is 2. The monoisotopic (exact) mass is 412 g/mol. The van der Waals surface area contributed by atoms with Gasteiger partial charge in [-0.15, -0.1) is 0 Å². The van der Waals surface area contributed by atoms with Crippen LogP contribution in [0.5, 0.6) is 0 Å². The molecule has 3 rings (SSSR count). The number of benzene rings is 1. The number of halogens is 1. The lowest BCUT2D eigenvalue weighted by Gasteiger charge is -2.43. The molecule has 1 aromatic carbocycles. The van der Waals surface area contributed by atoms with Crippen LogP contribution in [0.2, 0.25) is 0 Å². The Balaban J connectivity index is 1.98. The van der Waals surface area contributed by atoms with E-state index in [0.717, 1.165) is 12.5 Å². The summed E-state index contributed by atoms with van der Waals surface area (Å²) in [5.41, 5.74) is 2.69. The lowest BCUT2D eigenvalue weighted by Crippen LogP contribution is -2.48. The first-order valence-corrected chi connectivity index (χ1v) is 9.30. The van der Waals surface area contributed by atoms with Crippen molar-refractivity contribution < 1.29 is 4.84 Å². The molecule has 3 nitrogen and oxygen atoms in total. The Morgan fingerprint density at radius 1 is 1.32 bits per heavy atom. The van der Waals surface area contributed by atoms with Crippen LogP contribution >= 0.6 is 22.6 Å². The predicted octanol–water partition coefficient (Wildman–Crippen LogP) is 4.27. The third-order valence-electron chi connectivity index (χ3n) is 5.52. The Bertz CT molecular complexity index is 543. The van der Waals surface area contributed by atoms with Gasteiger partial charge in [0.25, 0.3) is 0 Å². The molecule has 1 aromatic rings. The van der Waals surface area contributed by atoms with Gasteiger partial charge in [0.05, 0.1) is 5.71 Å². The van der Waals surface area contributed by atoms with Gasteiger partial charge in [0, 0.05) is 21.6 Å². The number of hydrogen-bond donors (Lipinski definition) is 0. The van der Waals surface area contributed by atoms with E-state index in [-0.39, 0.29) is 0 Å². The molecule has 2 aliphatic rings. The first-order chi connectivity index (χ1) is 10.7. The molecule has 0 saturated carbocycles. The molecule has 1 unspecified atom stereocenters. The van der Waals surface area contributed by atoms with E-state index in [0.29, 0.717) is 17.9 Å². The third-order valence-corrected chi connectivity index (χ3v) is 6.24. The predicted molar refractivity (Wildman–Crippen MR) is 99.3 cm³/mol. The quantitative estimate of drug-likeness (QED) is 0.419. The zero-order valence-corrected chi connectivity index (χ0v) is 15.8. The maximum Gasteiger partial charge on any atom is 0.106 e. The lowest BCUT2D eigenvalue weighted by atomic mass is 9.73. The van der Waals surface area contributed by atoms with E-state index < -0.39 is 0 Å². The van der Waals surface area contributed by atoms with Gasteiger partial charge in [-0.1, -0.05) is 24.2 Å². The number of piperidine rings is 1. The van der Waals surface area contributed by atoms with Crippen LogP contribution in [0.4, 0.5) is 0 Å². The summed E-state index contributed by atoms with van der Waals surface area (Å²) in [6.45, 7) is 2.20. The number of nitrogens with zero attached hydrogens (tertiary/aromatic N) is 2. The standard InChI is InChI=1S/C18H25IN2O/c1-4-16(20-22-3)18-15(12-5-7-13(19)8-6-12)11-14-9-10-17(18)21(14)2/h5-8,14-15,17-18H,4,9-11H2,1-3H3/t14?,15-,17+,18-/m1/s1. The molecule has 0 N–H and O–H groups in total. The summed E-state index contributed by atoms with van der Waals surface area (Å²) in [7, 11) is 3.96. The van der Waals surface area contributed by atoms with Crippen molar-refractivity contribution in [3.63, 3.8) is 0 Å². The van der Waals surface area contributed by atoms with Gasteiger partial charge in [0.2, 0.25) is 0 Å². The number of oxime groups is 1. The average molecular weight is 412 g/mol. The topological polar surface area (TPSA) is 24.8 Å². The van der Waals surface area contributed by atoms with Gasteiger partial charge in [-0.3, -0.25) is 4.90 Å². The van der Waals surface area contributed by atoms with Gasteiger partial charge in [-0.2, -0.15) is 0 Å². The molecule has 2 bridgehead atoms. The van der Waals surface area contributed by atoms with E-state index >= 15 is 0 Å². The maximum atomic E-state index is 5.16. The van der Waals surface area contributed by atoms with Gasteiger partial charge in [0.15, 0.2) is 0 Å². The summed E-state index contributed by atoms with van der Waals surface area (Å²) in [5.74, 6) is 1.05. The largest absolute Gasteiger partial charge is 0.399 e. The van der Waals surface area contributed by atoms with E-state index in [9.17, 15) is 0 Å². The summed E-state index contributed by atoms with van der Waals surface area (Å²) in [4.78, 5) is 7.75. The van der Waals surface area contributed by atoms with Crippen molar-refractivity contribution in [1.82, 2.24) is 4.90 Å². The van der Waals surface area contributed by atoms with Crippen LogP contribution in [0.15, 0.2) is 29.4 Å². The van der Waals surface area contributed by atoms with Crippen molar-refractivity contribution in [3.8, 4) is 0 Å². The summed E-state index contributed by atoms with van der Waals surface area (Å²) in [6.07, 6.45) is 4.81. The number of rotatable bonds is 4. The second-order valence-electron chi connectivity index (χ2n) is 6.50. The van der Waals surface area contributed by atoms with Crippen molar-refractivity contribution >= 4 is 28.3 Å². The molecule has 0 aliphatic carbocycles. The minimum Gasteiger partial charge on any atom is -0.399 e. The van der Waals surface area contributed by atoms with Crippen LogP contribution in [0, 0.1) is 9.49 Å². The fourth-order valence-electron chi connectivity index (χ4n) is 4.45. The summed E-state index contributed by atoms with van der Waals surface area (Å²) in [6, 6.07) is 10.4. The summed E-state index contributed by atoms with van der Waals surface area (Å²) >= 11 is 2.38. The van der Waals surface area contributed by atoms with Crippen LogP contribution in [0.25, 0.3) is 0 Å². The van der Waals surface area contributed by atoms with Crippen molar-refractivity contribution in [1.29, 1.82) is 0 Å². The zero-order chi connectivity index (χ0) is 15.7. The normalized spacial score (nSPS) is 32.3. The SMILES string of the molecule is CCC(=NOC)[C@H]1[C@@H](c2ccc(I)cc2)CC2CC[C@@H]1N2C. The van der Waals surface area contributed by atoms with Crippen LogP contribution < -0.4 is 0 Å². The van der Waals surface area contributed by atoms with Crippen LogP contribution in [-0.2, 0) is 4.84 Å². The van der Waals surface area contributed by atoms with E-state index in [1.165, 1.54) is 34.1 Å². The molecule has 2 aliphatic heterocycles. The molecule has 2 heterocycles. The molecule has 0 radical (unpaired) electrons. The highest BCUT2D eigenvalue weighted by Crippen LogP contribution is 2.47. The van der Waals surface area contributed by atoms with Gasteiger partial charge < -0.3 is 4.84 Å². The fraction of sp³-hybridized carbons (Fsp3) is 0.611. The molecular weight excluding hydrogens is 387 g/mol. The Labute approximate surface area is 147 Å². The highest BCUT2D eigenvalue weighted by Gasteiger charge is 2.47. The second kappa shape index (κ2) is 6.87. The van der Waals surface area contributed by atoms with Crippen molar-refractivity contribution in [2.24, 2.45) is 11.1 Å². The minimum absolute atomic E-state index is 0.480. The number of hydrogen-bond acceptors (Lipinski definition) is 3. The Kier molecular flexibility index (Phi) is 5.07. The van der Waals surface area contributed by atoms with E-state index in [1.807, 2.05) is 0 Å². The molecule has 2 saturated heterocycles. The maximum absolute atomic E-state index is 5.16. The molecule has 4 heteroatoms. The minimum atomic E-state index is 0.480. The van der Waals surface area contributed by atoms with E-state index in [4.69, 9.17) is 4.84 Å². The van der Waals surface area contributed by atoms with E-state index in [2.05, 4.69) is 70.9 Å². The van der Waals surface area contributed by atoms with Gasteiger partial charge >= 0.3 is 0 Å². The van der Waals surface area contributed by atoms with Gasteiger partial charge in [-0.05, 0) is 78.9 Å². The lowest BCUT2D eigenvalue weighted by molar-refractivity contribution is 0.127. The van der Waals surface area contributed by atoms with Crippen LogP contribution in [0.1, 0.15) is 44.1 Å². The zero-order valence-electron chi connectivity index (χ0n) is 13.6.